The second-order valence-electron chi connectivity index (χ2n) is 4.12. The van der Waals surface area contributed by atoms with Gasteiger partial charge in [0.25, 0.3) is 5.91 Å². The average molecular weight is 277 g/mol. The summed E-state index contributed by atoms with van der Waals surface area (Å²) < 4.78 is 41.9. The molecule has 1 aromatic rings. The van der Waals surface area contributed by atoms with E-state index in [9.17, 15) is 23.1 Å². The van der Waals surface area contributed by atoms with Crippen molar-refractivity contribution >= 4 is 5.91 Å². The SMILES string of the molecule is COc1nccc(C(=O)N2CC(O)(C(F)(F)F)C2)n1. The van der Waals surface area contributed by atoms with Gasteiger partial charge in [0.2, 0.25) is 0 Å². The third-order valence-corrected chi connectivity index (χ3v) is 2.75. The average Bonchev–Trinajstić information content (AvgIpc) is 2.32. The molecule has 0 aliphatic carbocycles. The Labute approximate surface area is 105 Å². The number of alkyl halides is 3. The van der Waals surface area contributed by atoms with Crippen LogP contribution in [0.3, 0.4) is 0 Å². The van der Waals surface area contributed by atoms with Crippen LogP contribution in [0.15, 0.2) is 12.3 Å². The van der Waals surface area contributed by atoms with Gasteiger partial charge in [0.05, 0.1) is 20.2 Å². The first kappa shape index (κ1) is 13.5. The van der Waals surface area contributed by atoms with E-state index in [1.165, 1.54) is 19.4 Å². The van der Waals surface area contributed by atoms with Gasteiger partial charge in [0.1, 0.15) is 5.69 Å². The molecular formula is C10H10F3N3O3. The Morgan fingerprint density at radius 3 is 2.68 bits per heavy atom. The number of methoxy groups -OCH3 is 1. The maximum atomic E-state index is 12.4. The number of likely N-dealkylation sites (tertiary alicyclic amines) is 1. The molecule has 1 aliphatic rings. The number of hydrogen-bond acceptors (Lipinski definition) is 5. The fourth-order valence-electron chi connectivity index (χ4n) is 1.63. The van der Waals surface area contributed by atoms with Crippen molar-refractivity contribution in [3.8, 4) is 6.01 Å². The maximum absolute atomic E-state index is 12.4. The van der Waals surface area contributed by atoms with E-state index >= 15 is 0 Å². The van der Waals surface area contributed by atoms with Crippen molar-refractivity contribution in [2.45, 2.75) is 11.8 Å². The van der Waals surface area contributed by atoms with Crippen LogP contribution in [0.1, 0.15) is 10.5 Å². The minimum atomic E-state index is -4.76. The fraction of sp³-hybridized carbons (Fsp3) is 0.500. The summed E-state index contributed by atoms with van der Waals surface area (Å²) in [5, 5.41) is 9.24. The summed E-state index contributed by atoms with van der Waals surface area (Å²) in [5.74, 6) is -0.713. The van der Waals surface area contributed by atoms with Crippen molar-refractivity contribution in [1.29, 1.82) is 0 Å². The maximum Gasteiger partial charge on any atom is 0.420 e. The topological polar surface area (TPSA) is 75.5 Å². The fourth-order valence-corrected chi connectivity index (χ4v) is 1.63. The van der Waals surface area contributed by atoms with Crippen molar-refractivity contribution in [3.63, 3.8) is 0 Å². The summed E-state index contributed by atoms with van der Waals surface area (Å²) in [6.07, 6.45) is -3.50. The third-order valence-electron chi connectivity index (χ3n) is 2.75. The van der Waals surface area contributed by atoms with Crippen molar-refractivity contribution in [3.05, 3.63) is 18.0 Å². The molecule has 1 amide bonds. The Balaban J connectivity index is 2.08. The molecule has 0 unspecified atom stereocenters. The molecule has 2 heterocycles. The number of halogens is 3. The molecule has 0 saturated carbocycles. The Bertz CT molecular complexity index is 500. The summed E-state index contributed by atoms with van der Waals surface area (Å²) in [6, 6.07) is 1.20. The van der Waals surface area contributed by atoms with Crippen LogP contribution in [0, 0.1) is 0 Å². The van der Waals surface area contributed by atoms with Crippen molar-refractivity contribution < 1.29 is 27.8 Å². The van der Waals surface area contributed by atoms with E-state index in [1.807, 2.05) is 0 Å². The van der Waals surface area contributed by atoms with Crippen molar-refractivity contribution in [2.75, 3.05) is 20.2 Å². The van der Waals surface area contributed by atoms with Crippen LogP contribution in [0.25, 0.3) is 0 Å². The highest BCUT2D eigenvalue weighted by molar-refractivity contribution is 5.93. The molecule has 1 aliphatic heterocycles. The molecule has 0 aromatic carbocycles. The molecule has 19 heavy (non-hydrogen) atoms. The molecule has 0 radical (unpaired) electrons. The van der Waals surface area contributed by atoms with Gasteiger partial charge in [0, 0.05) is 6.20 Å². The Morgan fingerprint density at radius 2 is 2.16 bits per heavy atom. The van der Waals surface area contributed by atoms with E-state index < -0.39 is 30.8 Å². The van der Waals surface area contributed by atoms with E-state index in [0.717, 1.165) is 4.90 Å². The van der Waals surface area contributed by atoms with Crippen LogP contribution in [-0.4, -0.2) is 57.9 Å². The first-order chi connectivity index (χ1) is 8.77. The highest BCUT2D eigenvalue weighted by atomic mass is 19.4. The number of ether oxygens (including phenoxy) is 1. The lowest BCUT2D eigenvalue weighted by Gasteiger charge is -2.46. The largest absolute Gasteiger partial charge is 0.467 e. The smallest absolute Gasteiger partial charge is 0.420 e. The summed E-state index contributed by atoms with van der Waals surface area (Å²) in [4.78, 5) is 20.1. The van der Waals surface area contributed by atoms with Gasteiger partial charge in [-0.15, -0.1) is 0 Å². The first-order valence-corrected chi connectivity index (χ1v) is 5.22. The van der Waals surface area contributed by atoms with E-state index in [-0.39, 0.29) is 11.7 Å². The van der Waals surface area contributed by atoms with Crippen LogP contribution in [0.4, 0.5) is 13.2 Å². The number of nitrogens with zero attached hydrogens (tertiary/aromatic N) is 3. The lowest BCUT2D eigenvalue weighted by Crippen LogP contribution is -2.70. The van der Waals surface area contributed by atoms with Crippen LogP contribution >= 0.6 is 0 Å². The van der Waals surface area contributed by atoms with E-state index in [2.05, 4.69) is 9.97 Å². The highest BCUT2D eigenvalue weighted by Crippen LogP contribution is 2.38. The molecule has 0 spiro atoms. The van der Waals surface area contributed by atoms with Crippen LogP contribution in [-0.2, 0) is 0 Å². The Kier molecular flexibility index (Phi) is 3.09. The van der Waals surface area contributed by atoms with Crippen molar-refractivity contribution in [1.82, 2.24) is 14.9 Å². The van der Waals surface area contributed by atoms with Gasteiger partial charge >= 0.3 is 12.2 Å². The minimum Gasteiger partial charge on any atom is -0.467 e. The predicted molar refractivity (Wildman–Crippen MR) is 55.5 cm³/mol. The molecule has 1 aromatic heterocycles. The molecular weight excluding hydrogens is 267 g/mol. The summed E-state index contributed by atoms with van der Waals surface area (Å²) >= 11 is 0. The van der Waals surface area contributed by atoms with Crippen molar-refractivity contribution in [2.24, 2.45) is 0 Å². The zero-order chi connectivity index (χ0) is 14.3. The highest BCUT2D eigenvalue weighted by Gasteiger charge is 2.62. The number of β-amino-alcohol motifs (C(OH)–C–C–N with tert-alkyl or cyclic N) is 1. The summed E-state index contributed by atoms with van der Waals surface area (Å²) in [6.45, 7) is -1.61. The van der Waals surface area contributed by atoms with Gasteiger partial charge < -0.3 is 14.7 Å². The number of amides is 1. The number of aliphatic hydroxyl groups is 1. The number of carbonyl (C=O) groups is 1. The second-order valence-corrected chi connectivity index (χ2v) is 4.12. The van der Waals surface area contributed by atoms with Gasteiger partial charge in [-0.25, -0.2) is 4.98 Å². The standard InChI is InChI=1S/C10H10F3N3O3/c1-19-8-14-3-2-6(15-8)7(17)16-4-9(18,5-16)10(11,12)13/h2-3,18H,4-5H2,1H3. The molecule has 104 valence electrons. The molecule has 9 heteroatoms. The Morgan fingerprint density at radius 1 is 1.53 bits per heavy atom. The predicted octanol–water partition coefficient (Wildman–Crippen LogP) is 0.234. The number of rotatable bonds is 2. The van der Waals surface area contributed by atoms with E-state index in [4.69, 9.17) is 4.74 Å². The van der Waals surface area contributed by atoms with Gasteiger partial charge in [0.15, 0.2) is 5.60 Å². The third kappa shape index (κ3) is 2.33. The molecule has 2 rings (SSSR count). The quantitative estimate of drug-likeness (QED) is 0.837. The zero-order valence-electron chi connectivity index (χ0n) is 9.81. The van der Waals surface area contributed by atoms with Crippen LogP contribution in [0.2, 0.25) is 0 Å². The lowest BCUT2D eigenvalue weighted by atomic mass is 9.93. The Hall–Kier alpha value is -1.90. The van der Waals surface area contributed by atoms with Gasteiger partial charge in [-0.05, 0) is 6.07 Å². The molecule has 0 bridgehead atoms. The van der Waals surface area contributed by atoms with Crippen LogP contribution < -0.4 is 4.74 Å². The number of hydrogen-bond donors (Lipinski definition) is 1. The molecule has 1 fully saturated rings. The lowest BCUT2D eigenvalue weighted by molar-refractivity contribution is -0.294. The minimum absolute atomic E-state index is 0.0579. The molecule has 1 N–H and O–H groups in total. The zero-order valence-corrected chi connectivity index (χ0v) is 9.81. The van der Waals surface area contributed by atoms with E-state index in [0.29, 0.717) is 0 Å². The summed E-state index contributed by atoms with van der Waals surface area (Å²) in [5.41, 5.74) is -2.92. The van der Waals surface area contributed by atoms with Gasteiger partial charge in [-0.1, -0.05) is 0 Å². The molecule has 6 nitrogen and oxygen atoms in total. The summed E-state index contributed by atoms with van der Waals surface area (Å²) in [7, 11) is 1.30. The number of aromatic nitrogens is 2. The molecule has 1 saturated heterocycles. The van der Waals surface area contributed by atoms with Gasteiger partial charge in [-0.2, -0.15) is 18.2 Å². The van der Waals surface area contributed by atoms with Crippen LogP contribution in [0.5, 0.6) is 6.01 Å². The first-order valence-electron chi connectivity index (χ1n) is 5.22. The van der Waals surface area contributed by atoms with Gasteiger partial charge in [-0.3, -0.25) is 4.79 Å². The monoisotopic (exact) mass is 277 g/mol. The normalized spacial score (nSPS) is 17.8. The number of carbonyl (C=O) groups excluding carboxylic acids is 1. The molecule has 0 atom stereocenters. The second kappa shape index (κ2) is 4.34. The van der Waals surface area contributed by atoms with E-state index in [1.54, 1.807) is 0 Å².